The van der Waals surface area contributed by atoms with Gasteiger partial charge in [-0.15, -0.1) is 6.58 Å². The lowest BCUT2D eigenvalue weighted by atomic mass is 10.0. The van der Waals surface area contributed by atoms with Crippen LogP contribution < -0.4 is 5.32 Å². The van der Waals surface area contributed by atoms with E-state index in [0.29, 0.717) is 6.42 Å². The third-order valence-electron chi connectivity index (χ3n) is 2.46. The van der Waals surface area contributed by atoms with Crippen molar-refractivity contribution in [1.82, 2.24) is 5.32 Å². The van der Waals surface area contributed by atoms with Gasteiger partial charge in [-0.3, -0.25) is 0 Å². The lowest BCUT2D eigenvalue weighted by Gasteiger charge is -2.15. The number of carbonyl (C=O) groups excluding carboxylic acids is 1. The van der Waals surface area contributed by atoms with Crippen LogP contribution in [0, 0.1) is 0 Å². The van der Waals surface area contributed by atoms with Crippen molar-refractivity contribution in [2.24, 2.45) is 0 Å². The van der Waals surface area contributed by atoms with Crippen molar-refractivity contribution >= 4 is 6.09 Å². The SMILES string of the molecule is C=CC[C@@H]1OC(=O)N[C@H]1c1ccccc1. The maximum absolute atomic E-state index is 11.1. The summed E-state index contributed by atoms with van der Waals surface area (Å²) in [6.45, 7) is 3.66. The molecule has 15 heavy (non-hydrogen) atoms. The Morgan fingerprint density at radius 3 is 2.80 bits per heavy atom. The molecular weight excluding hydrogens is 190 g/mol. The van der Waals surface area contributed by atoms with Gasteiger partial charge in [0, 0.05) is 6.42 Å². The van der Waals surface area contributed by atoms with Crippen molar-refractivity contribution in [2.75, 3.05) is 0 Å². The second kappa shape index (κ2) is 4.17. The molecule has 0 saturated carbocycles. The van der Waals surface area contributed by atoms with Crippen LogP contribution in [-0.2, 0) is 4.74 Å². The normalized spacial score (nSPS) is 24.4. The third-order valence-corrected chi connectivity index (χ3v) is 2.46. The van der Waals surface area contributed by atoms with E-state index in [0.717, 1.165) is 5.56 Å². The number of cyclic esters (lactones) is 1. The second-order valence-electron chi connectivity index (χ2n) is 3.50. The van der Waals surface area contributed by atoms with E-state index < -0.39 is 0 Å². The summed E-state index contributed by atoms with van der Waals surface area (Å²) in [5.74, 6) is 0. The maximum atomic E-state index is 11.1. The molecular formula is C12H13NO2. The molecule has 0 radical (unpaired) electrons. The van der Waals surface area contributed by atoms with Gasteiger partial charge in [0.15, 0.2) is 0 Å². The summed E-state index contributed by atoms with van der Waals surface area (Å²) in [5, 5.41) is 2.80. The van der Waals surface area contributed by atoms with Gasteiger partial charge < -0.3 is 10.1 Å². The zero-order chi connectivity index (χ0) is 10.7. The highest BCUT2D eigenvalue weighted by Crippen LogP contribution is 2.26. The zero-order valence-electron chi connectivity index (χ0n) is 8.35. The molecule has 78 valence electrons. The summed E-state index contributed by atoms with van der Waals surface area (Å²) in [6.07, 6.45) is 1.94. The number of nitrogens with one attached hydrogen (secondary N) is 1. The van der Waals surface area contributed by atoms with Gasteiger partial charge in [0.25, 0.3) is 0 Å². The van der Waals surface area contributed by atoms with Crippen molar-refractivity contribution in [3.8, 4) is 0 Å². The van der Waals surface area contributed by atoms with Crippen LogP contribution in [-0.4, -0.2) is 12.2 Å². The predicted octanol–water partition coefficient (Wildman–Crippen LogP) is 2.41. The fraction of sp³-hybridized carbons (Fsp3) is 0.250. The molecule has 1 amide bonds. The number of hydrogen-bond acceptors (Lipinski definition) is 2. The minimum atomic E-state index is -0.351. The molecule has 1 aliphatic heterocycles. The molecule has 2 rings (SSSR count). The van der Waals surface area contributed by atoms with Crippen LogP contribution in [0.4, 0.5) is 4.79 Å². The standard InChI is InChI=1S/C12H13NO2/c1-2-6-10-11(13-12(14)15-10)9-7-4-3-5-8-9/h2-5,7-8,10-11H,1,6H2,(H,13,14)/t10-,11-/m0/s1. The summed E-state index contributed by atoms with van der Waals surface area (Å²) in [6, 6.07) is 9.75. The van der Waals surface area contributed by atoms with Gasteiger partial charge in [-0.05, 0) is 5.56 Å². The van der Waals surface area contributed by atoms with Gasteiger partial charge in [-0.2, -0.15) is 0 Å². The quantitative estimate of drug-likeness (QED) is 0.766. The van der Waals surface area contributed by atoms with E-state index in [1.165, 1.54) is 0 Å². The van der Waals surface area contributed by atoms with Crippen LogP contribution in [0.15, 0.2) is 43.0 Å². The highest BCUT2D eigenvalue weighted by atomic mass is 16.6. The summed E-state index contributed by atoms with van der Waals surface area (Å²) in [4.78, 5) is 11.1. The molecule has 0 aromatic heterocycles. The molecule has 1 saturated heterocycles. The van der Waals surface area contributed by atoms with E-state index in [1.54, 1.807) is 6.08 Å². The molecule has 1 heterocycles. The van der Waals surface area contributed by atoms with E-state index in [2.05, 4.69) is 11.9 Å². The first-order valence-electron chi connectivity index (χ1n) is 4.94. The van der Waals surface area contributed by atoms with Gasteiger partial charge in [0.1, 0.15) is 6.10 Å². The Hall–Kier alpha value is -1.77. The van der Waals surface area contributed by atoms with E-state index in [-0.39, 0.29) is 18.2 Å². The average molecular weight is 203 g/mol. The fourth-order valence-electron chi connectivity index (χ4n) is 1.77. The first-order chi connectivity index (χ1) is 7.31. The molecule has 3 nitrogen and oxygen atoms in total. The molecule has 0 bridgehead atoms. The van der Waals surface area contributed by atoms with Crippen LogP contribution in [0.25, 0.3) is 0 Å². The minimum Gasteiger partial charge on any atom is -0.443 e. The van der Waals surface area contributed by atoms with Crippen molar-refractivity contribution < 1.29 is 9.53 Å². The smallest absolute Gasteiger partial charge is 0.408 e. The zero-order valence-corrected chi connectivity index (χ0v) is 8.35. The number of rotatable bonds is 3. The van der Waals surface area contributed by atoms with E-state index >= 15 is 0 Å². The topological polar surface area (TPSA) is 38.3 Å². The van der Waals surface area contributed by atoms with Crippen LogP contribution in [0.3, 0.4) is 0 Å². The van der Waals surface area contributed by atoms with Crippen LogP contribution in [0.5, 0.6) is 0 Å². The number of amides is 1. The van der Waals surface area contributed by atoms with Crippen molar-refractivity contribution in [1.29, 1.82) is 0 Å². The molecule has 0 spiro atoms. The number of ether oxygens (including phenoxy) is 1. The predicted molar refractivity (Wildman–Crippen MR) is 57.4 cm³/mol. The van der Waals surface area contributed by atoms with Crippen molar-refractivity contribution in [3.05, 3.63) is 48.6 Å². The molecule has 1 aliphatic rings. The van der Waals surface area contributed by atoms with Gasteiger partial charge >= 0.3 is 6.09 Å². The Bertz CT molecular complexity index is 361. The molecule has 2 atom stereocenters. The third kappa shape index (κ3) is 2.01. The first-order valence-corrected chi connectivity index (χ1v) is 4.94. The lowest BCUT2D eigenvalue weighted by molar-refractivity contribution is 0.133. The Morgan fingerprint density at radius 1 is 1.40 bits per heavy atom. The average Bonchev–Trinajstić information content (AvgIpc) is 2.62. The Balaban J connectivity index is 2.20. The second-order valence-corrected chi connectivity index (χ2v) is 3.50. The first kappa shape index (κ1) is 9.77. The maximum Gasteiger partial charge on any atom is 0.408 e. The van der Waals surface area contributed by atoms with Crippen molar-refractivity contribution in [2.45, 2.75) is 18.6 Å². The highest BCUT2D eigenvalue weighted by Gasteiger charge is 2.33. The number of benzene rings is 1. The van der Waals surface area contributed by atoms with Gasteiger partial charge in [0.2, 0.25) is 0 Å². The molecule has 3 heteroatoms. The Morgan fingerprint density at radius 2 is 2.13 bits per heavy atom. The largest absolute Gasteiger partial charge is 0.443 e. The minimum absolute atomic E-state index is 0.0586. The van der Waals surface area contributed by atoms with Gasteiger partial charge in [-0.1, -0.05) is 36.4 Å². The Labute approximate surface area is 88.8 Å². The molecule has 0 unspecified atom stereocenters. The van der Waals surface area contributed by atoms with Gasteiger partial charge in [0.05, 0.1) is 6.04 Å². The number of carbonyl (C=O) groups is 1. The highest BCUT2D eigenvalue weighted by molar-refractivity contribution is 5.70. The van der Waals surface area contributed by atoms with Crippen LogP contribution >= 0.6 is 0 Å². The Kier molecular flexibility index (Phi) is 2.72. The van der Waals surface area contributed by atoms with E-state index in [4.69, 9.17) is 4.74 Å². The summed E-state index contributed by atoms with van der Waals surface area (Å²) >= 11 is 0. The summed E-state index contributed by atoms with van der Waals surface area (Å²) in [7, 11) is 0. The van der Waals surface area contributed by atoms with Gasteiger partial charge in [-0.25, -0.2) is 4.79 Å². The monoisotopic (exact) mass is 203 g/mol. The summed E-state index contributed by atoms with van der Waals surface area (Å²) in [5.41, 5.74) is 1.07. The van der Waals surface area contributed by atoms with Crippen molar-refractivity contribution in [3.63, 3.8) is 0 Å². The summed E-state index contributed by atoms with van der Waals surface area (Å²) < 4.78 is 5.15. The molecule has 1 aromatic carbocycles. The molecule has 0 aliphatic carbocycles. The number of hydrogen-bond donors (Lipinski definition) is 1. The molecule has 1 N–H and O–H groups in total. The molecule has 1 aromatic rings. The van der Waals surface area contributed by atoms with Crippen LogP contribution in [0.2, 0.25) is 0 Å². The molecule has 1 fully saturated rings. The van der Waals surface area contributed by atoms with E-state index in [1.807, 2.05) is 30.3 Å². The van der Waals surface area contributed by atoms with E-state index in [9.17, 15) is 4.79 Å². The van der Waals surface area contributed by atoms with Crippen LogP contribution in [0.1, 0.15) is 18.0 Å². The lowest BCUT2D eigenvalue weighted by Crippen LogP contribution is -2.22. The fourth-order valence-corrected chi connectivity index (χ4v) is 1.77. The number of alkyl carbamates (subject to hydrolysis) is 1.